The summed E-state index contributed by atoms with van der Waals surface area (Å²) in [5.74, 6) is -9.49. The number of hydrogen-bond donors (Lipinski definition) is 3. The summed E-state index contributed by atoms with van der Waals surface area (Å²) in [5, 5.41) is 31.8. The number of fused-ring (bicyclic) bond motifs is 11. The number of carboxylic acids is 3. The maximum atomic E-state index is 16.7. The molecule has 25 nitrogen and oxygen atoms in total. The Morgan fingerprint density at radius 3 is 1.16 bits per heavy atom. The van der Waals surface area contributed by atoms with E-state index in [1.54, 1.807) is 0 Å². The molecule has 14 aliphatic carbocycles. The summed E-state index contributed by atoms with van der Waals surface area (Å²) < 4.78 is 78.7. The van der Waals surface area contributed by atoms with Crippen molar-refractivity contribution >= 4 is 59.7 Å². The van der Waals surface area contributed by atoms with Crippen molar-refractivity contribution < 1.29 is 120 Å². The van der Waals surface area contributed by atoms with Gasteiger partial charge in [-0.15, -0.1) is 0 Å². The molecule has 0 aromatic carbocycles. The van der Waals surface area contributed by atoms with Crippen LogP contribution in [-0.4, -0.2) is 180 Å². The van der Waals surface area contributed by atoms with E-state index in [0.29, 0.717) is 146 Å². The molecule has 0 aromatic heterocycles. The lowest BCUT2D eigenvalue weighted by atomic mass is 9.64. The minimum atomic E-state index is -2.63. The van der Waals surface area contributed by atoms with E-state index in [1.807, 2.05) is 0 Å². The number of cyclic esters (lactones) is 2. The van der Waals surface area contributed by atoms with Gasteiger partial charge in [-0.05, 0) is 305 Å². The Morgan fingerprint density at radius 2 is 0.775 bits per heavy atom. The fraction of sp³-hybridized carbons (Fsp3) is 0.837. The quantitative estimate of drug-likeness (QED) is 0.0331. The Labute approximate surface area is 647 Å². The van der Waals surface area contributed by atoms with Crippen LogP contribution in [0.1, 0.15) is 212 Å². The van der Waals surface area contributed by atoms with Gasteiger partial charge in [0.05, 0.1) is 98.6 Å². The molecule has 35 atom stereocenters. The highest BCUT2D eigenvalue weighted by Crippen LogP contribution is 2.65. The number of esters is 7. The highest BCUT2D eigenvalue weighted by Gasteiger charge is 2.71. The van der Waals surface area contributed by atoms with Crippen molar-refractivity contribution in [3.63, 3.8) is 0 Å². The molecule has 12 saturated carbocycles. The summed E-state index contributed by atoms with van der Waals surface area (Å²) >= 11 is 0. The zero-order chi connectivity index (χ0) is 76.0. The second-order valence-corrected chi connectivity index (χ2v) is 38.5. The van der Waals surface area contributed by atoms with Crippen molar-refractivity contribution in [2.24, 2.45) is 130 Å². The molecule has 19 rings (SSSR count). The molecule has 0 radical (unpaired) electrons. The molecule has 8 bridgehead atoms. The average molecular weight is 1550 g/mol. The summed E-state index contributed by atoms with van der Waals surface area (Å²) in [6.07, 6.45) is 16.9. The molecule has 606 valence electrons. The molecule has 25 heteroatoms. The van der Waals surface area contributed by atoms with Crippen molar-refractivity contribution in [2.45, 2.75) is 290 Å². The molecular weight excluding hydrogens is 1430 g/mol. The van der Waals surface area contributed by atoms with E-state index in [0.717, 1.165) is 75.4 Å². The van der Waals surface area contributed by atoms with Crippen LogP contribution in [-0.2, 0) is 105 Å². The Kier molecular flexibility index (Phi) is 20.3. The van der Waals surface area contributed by atoms with Crippen LogP contribution in [0.4, 0.5) is 0 Å². The number of aliphatic carboxylic acids is 3. The van der Waals surface area contributed by atoms with E-state index < -0.39 is 133 Å². The van der Waals surface area contributed by atoms with E-state index in [4.69, 9.17) is 56.8 Å². The molecule has 3 N–H and O–H groups in total. The predicted molar refractivity (Wildman–Crippen MR) is 383 cm³/mol. The van der Waals surface area contributed by atoms with Crippen LogP contribution in [0, 0.1) is 130 Å². The molecule has 5 aliphatic heterocycles. The SMILES string of the molecule is O=C(O)CC(OC1CCC2CCC(C(=O)O)CC2C1)C(CCOC1(C(=O)OC(=O)C2(OCCC(OC3CCC4CC5OC(=O)C5CC4C3)C(CC(=O)O)OC3CCC4CC5OC(=O)C5CC4C3)C(=O)OCC3=CC4C(CC3)C3CC4C2C3)C(=O)OCC2=CC3C(CC2)C2CC3C1C2)OC1CCC2CC3OC(=O)C3CC2C1. The van der Waals surface area contributed by atoms with Crippen LogP contribution in [0.2, 0.25) is 0 Å². The van der Waals surface area contributed by atoms with Gasteiger partial charge in [-0.1, -0.05) is 12.2 Å². The third kappa shape index (κ3) is 13.7. The first-order valence-corrected chi connectivity index (χ1v) is 43.3. The summed E-state index contributed by atoms with van der Waals surface area (Å²) in [7, 11) is 0. The Morgan fingerprint density at radius 1 is 0.396 bits per heavy atom. The van der Waals surface area contributed by atoms with Gasteiger partial charge in [0.2, 0.25) is 0 Å². The lowest BCUT2D eigenvalue weighted by Crippen LogP contribution is -2.63. The minimum absolute atomic E-state index is 0.0497. The Hall–Kier alpha value is -5.86. The number of carbonyl (C=O) groups excluding carboxylic acids is 7. The van der Waals surface area contributed by atoms with Crippen molar-refractivity contribution in [2.75, 3.05) is 26.4 Å². The maximum absolute atomic E-state index is 16.7. The van der Waals surface area contributed by atoms with E-state index in [2.05, 4.69) is 12.2 Å². The average Bonchev–Trinajstić information content (AvgIpc) is 1.57. The van der Waals surface area contributed by atoms with Gasteiger partial charge >= 0.3 is 59.7 Å². The van der Waals surface area contributed by atoms with Gasteiger partial charge in [-0.3, -0.25) is 28.8 Å². The van der Waals surface area contributed by atoms with Gasteiger partial charge in [0.15, 0.2) is 0 Å². The largest absolute Gasteiger partial charge is 0.481 e. The number of ether oxygens (including phenoxy) is 12. The number of carbonyl (C=O) groups is 10. The molecule has 0 aromatic rings. The van der Waals surface area contributed by atoms with E-state index in [9.17, 15) is 44.1 Å². The lowest BCUT2D eigenvalue weighted by molar-refractivity contribution is -0.220. The van der Waals surface area contributed by atoms with Crippen LogP contribution in [0.5, 0.6) is 0 Å². The number of carboxylic acid groups (broad SMARTS) is 3. The van der Waals surface area contributed by atoms with E-state index in [-0.39, 0.29) is 163 Å². The minimum Gasteiger partial charge on any atom is -0.481 e. The van der Waals surface area contributed by atoms with Gasteiger partial charge in [0.25, 0.3) is 11.2 Å². The van der Waals surface area contributed by atoms with Crippen molar-refractivity contribution in [3.8, 4) is 0 Å². The first-order valence-electron chi connectivity index (χ1n) is 43.3. The number of allylic oxidation sites excluding steroid dienone is 2. The predicted octanol–water partition coefficient (Wildman–Crippen LogP) is 10.2. The van der Waals surface area contributed by atoms with Gasteiger partial charge in [-0.2, -0.15) is 0 Å². The van der Waals surface area contributed by atoms with Crippen molar-refractivity contribution in [1.29, 1.82) is 0 Å². The second-order valence-electron chi connectivity index (χ2n) is 38.5. The van der Waals surface area contributed by atoms with Gasteiger partial charge in [0, 0.05) is 11.8 Å². The molecule has 15 fully saturated rings. The summed E-state index contributed by atoms with van der Waals surface area (Å²) in [4.78, 5) is 143. The van der Waals surface area contributed by atoms with Crippen LogP contribution in [0.15, 0.2) is 23.3 Å². The molecular formula is C86H112O25. The summed E-state index contributed by atoms with van der Waals surface area (Å²) in [6.45, 7) is -1.09. The van der Waals surface area contributed by atoms with Crippen molar-refractivity contribution in [1.82, 2.24) is 0 Å². The van der Waals surface area contributed by atoms with Gasteiger partial charge < -0.3 is 72.2 Å². The molecule has 3 saturated heterocycles. The van der Waals surface area contributed by atoms with Crippen LogP contribution in [0.3, 0.4) is 0 Å². The van der Waals surface area contributed by atoms with Crippen molar-refractivity contribution in [3.05, 3.63) is 23.3 Å². The Bertz CT molecular complexity index is 3550. The van der Waals surface area contributed by atoms with E-state index in [1.165, 1.54) is 0 Å². The number of hydrogen-bond acceptors (Lipinski definition) is 22. The third-order valence-electron chi connectivity index (χ3n) is 33.2. The van der Waals surface area contributed by atoms with Crippen LogP contribution < -0.4 is 0 Å². The zero-order valence-corrected chi connectivity index (χ0v) is 63.7. The molecule has 0 spiro atoms. The van der Waals surface area contributed by atoms with E-state index >= 15 is 19.2 Å². The fourth-order valence-electron chi connectivity index (χ4n) is 27.9. The zero-order valence-electron chi connectivity index (χ0n) is 63.7. The number of rotatable bonds is 25. The van der Waals surface area contributed by atoms with Crippen LogP contribution in [0.25, 0.3) is 0 Å². The molecule has 5 heterocycles. The lowest BCUT2D eigenvalue weighted by Gasteiger charge is -2.49. The molecule has 19 aliphatic rings. The summed E-state index contributed by atoms with van der Waals surface area (Å²) in [6, 6.07) is 0. The molecule has 0 amide bonds. The monoisotopic (exact) mass is 1540 g/mol. The molecule has 111 heavy (non-hydrogen) atoms. The topological polar surface area (TPSA) is 342 Å². The first kappa shape index (κ1) is 75.2. The summed E-state index contributed by atoms with van der Waals surface area (Å²) in [5.41, 5.74) is -3.42. The standard InChI is InChI=1S/C86H112O25/c87-75(88)36-73(106-55-9-5-42-3-4-46(77(91)92)21-47(42)22-55)68(104-53-10-6-43-33-70-63(78(93)108-70)26-48(43)23-53)15-17-102-85(66-31-51-29-61(66)59-19-40(1-13-57(51)59)38-100-81(85)96)83(98)111-84(99)86(67-32-52-30-62(67)60-20-41(2-14-58(52)60)39-101-82(86)97)103-18-16-69(105-54-11-7-44-34-71-64(79(94)109-71)27-49(44)24-54)74(37-76(89)90)107-56-12-8-45-35-72-65(80(95)110-72)28-50(45)25-56/h19-20,42-74H,1-18,21-39H2,(H,87,88)(H,89,90)(H,91,92). The van der Waals surface area contributed by atoms with Crippen LogP contribution >= 0.6 is 0 Å². The first-order chi connectivity index (χ1) is 53.7. The smallest absolute Gasteiger partial charge is 0.358 e. The highest BCUT2D eigenvalue weighted by molar-refractivity contribution is 6.12. The normalized spacial score (nSPS) is 46.0. The Balaban J connectivity index is 0.639. The van der Waals surface area contributed by atoms with Gasteiger partial charge in [0.1, 0.15) is 31.5 Å². The second kappa shape index (κ2) is 30.0. The molecule has 35 unspecified atom stereocenters. The van der Waals surface area contributed by atoms with Gasteiger partial charge in [-0.25, -0.2) is 19.2 Å². The third-order valence-corrected chi connectivity index (χ3v) is 33.2. The fourth-order valence-corrected chi connectivity index (χ4v) is 27.9. The maximum Gasteiger partial charge on any atom is 0.358 e. The highest BCUT2D eigenvalue weighted by atomic mass is 16.7.